The van der Waals surface area contributed by atoms with Gasteiger partial charge in [0.05, 0.1) is 6.54 Å². The number of aliphatic imine (C=N–C) groups is 1. The molecule has 0 heterocycles. The molecule has 0 saturated heterocycles. The van der Waals surface area contributed by atoms with Gasteiger partial charge in [-0.1, -0.05) is 12.1 Å². The Morgan fingerprint density at radius 3 is 2.85 bits per heavy atom. The fourth-order valence-electron chi connectivity index (χ4n) is 1.61. The molecule has 5 nitrogen and oxygen atoms in total. The summed E-state index contributed by atoms with van der Waals surface area (Å²) >= 11 is 1.78. The van der Waals surface area contributed by atoms with Crippen LogP contribution < -0.4 is 16.4 Å². The highest BCUT2D eigenvalue weighted by Gasteiger charge is 2.01. The summed E-state index contributed by atoms with van der Waals surface area (Å²) in [6, 6.07) is 7.23. The third kappa shape index (κ3) is 5.97. The number of guanidine groups is 1. The molecule has 0 bridgehead atoms. The standard InChI is InChI=1S/C14H22N4OS/c1-3-16-14(17-7-8-20-2)18-10-11-5-4-6-12(9-11)13(15)19/h4-6,9H,3,7-8,10H2,1-2H3,(H2,15,19)(H2,16,17,18). The van der Waals surface area contributed by atoms with E-state index in [4.69, 9.17) is 5.73 Å². The first-order valence-corrected chi connectivity index (χ1v) is 7.96. The van der Waals surface area contributed by atoms with Crippen LogP contribution in [0.5, 0.6) is 0 Å². The number of nitrogens with zero attached hydrogens (tertiary/aromatic N) is 1. The van der Waals surface area contributed by atoms with Crippen molar-refractivity contribution < 1.29 is 4.79 Å². The van der Waals surface area contributed by atoms with Crippen molar-refractivity contribution >= 4 is 23.6 Å². The van der Waals surface area contributed by atoms with Crippen molar-refractivity contribution in [3.8, 4) is 0 Å². The Morgan fingerprint density at radius 1 is 1.40 bits per heavy atom. The Bertz CT molecular complexity index is 462. The highest BCUT2D eigenvalue weighted by atomic mass is 32.2. The number of nitrogens with two attached hydrogens (primary N) is 1. The van der Waals surface area contributed by atoms with Gasteiger partial charge in [-0.05, 0) is 30.9 Å². The molecular weight excluding hydrogens is 272 g/mol. The van der Waals surface area contributed by atoms with Crippen molar-refractivity contribution in [2.45, 2.75) is 13.5 Å². The Hall–Kier alpha value is -1.69. The van der Waals surface area contributed by atoms with Gasteiger partial charge in [-0.25, -0.2) is 4.99 Å². The number of primary amides is 1. The highest BCUT2D eigenvalue weighted by molar-refractivity contribution is 7.98. The molecule has 0 aliphatic rings. The van der Waals surface area contributed by atoms with Gasteiger partial charge in [-0.3, -0.25) is 4.79 Å². The van der Waals surface area contributed by atoms with Crippen LogP contribution in [0.15, 0.2) is 29.3 Å². The first-order valence-electron chi connectivity index (χ1n) is 6.57. The van der Waals surface area contributed by atoms with Gasteiger partial charge in [-0.2, -0.15) is 11.8 Å². The van der Waals surface area contributed by atoms with Crippen LogP contribution in [0.3, 0.4) is 0 Å². The number of amides is 1. The predicted molar refractivity (Wildman–Crippen MR) is 86.2 cm³/mol. The molecule has 0 aromatic heterocycles. The minimum Gasteiger partial charge on any atom is -0.366 e. The largest absolute Gasteiger partial charge is 0.366 e. The second kappa shape index (κ2) is 9.25. The highest BCUT2D eigenvalue weighted by Crippen LogP contribution is 2.06. The monoisotopic (exact) mass is 294 g/mol. The summed E-state index contributed by atoms with van der Waals surface area (Å²) in [6.07, 6.45) is 2.07. The Morgan fingerprint density at radius 2 is 2.20 bits per heavy atom. The first kappa shape index (κ1) is 16.4. The fourth-order valence-corrected chi connectivity index (χ4v) is 1.91. The number of thioether (sulfide) groups is 1. The molecule has 1 rings (SSSR count). The molecule has 1 aromatic rings. The quantitative estimate of drug-likeness (QED) is 0.401. The summed E-state index contributed by atoms with van der Waals surface area (Å²) in [5, 5.41) is 6.44. The summed E-state index contributed by atoms with van der Waals surface area (Å²) in [7, 11) is 0. The molecule has 4 N–H and O–H groups in total. The first-order chi connectivity index (χ1) is 9.67. The van der Waals surface area contributed by atoms with Gasteiger partial charge in [-0.15, -0.1) is 0 Å². The summed E-state index contributed by atoms with van der Waals surface area (Å²) in [4.78, 5) is 15.6. The van der Waals surface area contributed by atoms with Crippen LogP contribution in [0, 0.1) is 0 Å². The molecule has 0 radical (unpaired) electrons. The lowest BCUT2D eigenvalue weighted by Gasteiger charge is -2.10. The van der Waals surface area contributed by atoms with Crippen molar-refractivity contribution in [3.63, 3.8) is 0 Å². The van der Waals surface area contributed by atoms with E-state index in [1.54, 1.807) is 23.9 Å². The average molecular weight is 294 g/mol. The van der Waals surface area contributed by atoms with Crippen LogP contribution >= 0.6 is 11.8 Å². The van der Waals surface area contributed by atoms with Gasteiger partial charge in [0.25, 0.3) is 0 Å². The Balaban J connectivity index is 2.65. The van der Waals surface area contributed by atoms with Crippen LogP contribution in [0.4, 0.5) is 0 Å². The minimum absolute atomic E-state index is 0.416. The Labute approximate surface area is 124 Å². The van der Waals surface area contributed by atoms with Crippen molar-refractivity contribution in [2.75, 3.05) is 25.1 Å². The average Bonchev–Trinajstić information content (AvgIpc) is 2.45. The van der Waals surface area contributed by atoms with E-state index in [0.29, 0.717) is 12.1 Å². The molecule has 110 valence electrons. The summed E-state index contributed by atoms with van der Waals surface area (Å²) < 4.78 is 0. The summed E-state index contributed by atoms with van der Waals surface area (Å²) in [5.74, 6) is 1.40. The summed E-state index contributed by atoms with van der Waals surface area (Å²) in [5.41, 5.74) is 6.74. The number of rotatable bonds is 7. The van der Waals surface area contributed by atoms with E-state index >= 15 is 0 Å². The molecule has 1 aromatic carbocycles. The van der Waals surface area contributed by atoms with Crippen LogP contribution in [0.25, 0.3) is 0 Å². The van der Waals surface area contributed by atoms with Crippen molar-refractivity contribution in [3.05, 3.63) is 35.4 Å². The topological polar surface area (TPSA) is 79.5 Å². The zero-order valence-electron chi connectivity index (χ0n) is 12.0. The third-order valence-corrected chi connectivity index (χ3v) is 3.19. The maximum atomic E-state index is 11.1. The smallest absolute Gasteiger partial charge is 0.248 e. The molecule has 0 aliphatic carbocycles. The predicted octanol–water partition coefficient (Wildman–Crippen LogP) is 1.20. The van der Waals surface area contributed by atoms with Gasteiger partial charge >= 0.3 is 0 Å². The van der Waals surface area contributed by atoms with Crippen LogP contribution in [0.1, 0.15) is 22.8 Å². The van der Waals surface area contributed by atoms with E-state index in [-0.39, 0.29) is 0 Å². The molecular formula is C14H22N4OS. The second-order valence-corrected chi connectivity index (χ2v) is 5.16. The normalized spacial score (nSPS) is 11.2. The molecule has 0 saturated carbocycles. The second-order valence-electron chi connectivity index (χ2n) is 4.18. The van der Waals surface area contributed by atoms with Gasteiger partial charge in [0.2, 0.25) is 5.91 Å². The molecule has 0 aliphatic heterocycles. The summed E-state index contributed by atoms with van der Waals surface area (Å²) in [6.45, 7) is 4.22. The number of carbonyl (C=O) groups excluding carboxylic acids is 1. The molecule has 1 amide bonds. The van der Waals surface area contributed by atoms with Crippen LogP contribution in [0.2, 0.25) is 0 Å². The zero-order valence-corrected chi connectivity index (χ0v) is 12.8. The lowest BCUT2D eigenvalue weighted by molar-refractivity contribution is 0.1000. The third-order valence-electron chi connectivity index (χ3n) is 2.57. The Kier molecular flexibility index (Phi) is 7.57. The molecule has 0 spiro atoms. The number of nitrogens with one attached hydrogen (secondary N) is 2. The molecule has 0 atom stereocenters. The van der Waals surface area contributed by atoms with E-state index < -0.39 is 5.91 Å². The lowest BCUT2D eigenvalue weighted by atomic mass is 10.1. The van der Waals surface area contributed by atoms with Crippen LogP contribution in [-0.4, -0.2) is 37.0 Å². The molecule has 20 heavy (non-hydrogen) atoms. The molecule has 0 unspecified atom stereocenters. The van der Waals surface area contributed by atoms with E-state index in [9.17, 15) is 4.79 Å². The zero-order chi connectivity index (χ0) is 14.8. The van der Waals surface area contributed by atoms with E-state index in [0.717, 1.165) is 30.4 Å². The van der Waals surface area contributed by atoms with Crippen LogP contribution in [-0.2, 0) is 6.54 Å². The fraction of sp³-hybridized carbons (Fsp3) is 0.429. The van der Waals surface area contributed by atoms with Gasteiger partial charge < -0.3 is 16.4 Å². The van der Waals surface area contributed by atoms with Crippen molar-refractivity contribution in [1.29, 1.82) is 0 Å². The van der Waals surface area contributed by atoms with Gasteiger partial charge in [0.1, 0.15) is 0 Å². The number of carbonyl (C=O) groups is 1. The van der Waals surface area contributed by atoms with Crippen molar-refractivity contribution in [1.82, 2.24) is 10.6 Å². The van der Waals surface area contributed by atoms with E-state index in [2.05, 4.69) is 21.9 Å². The molecule has 0 fully saturated rings. The van der Waals surface area contributed by atoms with E-state index in [1.165, 1.54) is 0 Å². The number of hydrogen-bond acceptors (Lipinski definition) is 3. The number of benzene rings is 1. The number of hydrogen-bond donors (Lipinski definition) is 3. The maximum absolute atomic E-state index is 11.1. The lowest BCUT2D eigenvalue weighted by Crippen LogP contribution is -2.38. The van der Waals surface area contributed by atoms with Gasteiger partial charge in [0.15, 0.2) is 5.96 Å². The van der Waals surface area contributed by atoms with Crippen molar-refractivity contribution in [2.24, 2.45) is 10.7 Å². The maximum Gasteiger partial charge on any atom is 0.248 e. The molecule has 6 heteroatoms. The van der Waals surface area contributed by atoms with E-state index in [1.807, 2.05) is 19.1 Å². The van der Waals surface area contributed by atoms with Gasteiger partial charge in [0, 0.05) is 24.4 Å². The minimum atomic E-state index is -0.416. The SMILES string of the molecule is CCNC(=NCc1cccc(C(N)=O)c1)NCCSC.